The van der Waals surface area contributed by atoms with Gasteiger partial charge in [-0.05, 0) is 24.8 Å². The van der Waals surface area contributed by atoms with Crippen molar-refractivity contribution in [3.63, 3.8) is 0 Å². The molecule has 20 heavy (non-hydrogen) atoms. The summed E-state index contributed by atoms with van der Waals surface area (Å²) in [6.07, 6.45) is 6.14. The number of hydrogen-bond donors (Lipinski definition) is 2. The molecule has 1 heterocycles. The molecule has 5 nitrogen and oxygen atoms in total. The van der Waals surface area contributed by atoms with Gasteiger partial charge in [-0.1, -0.05) is 18.9 Å². The van der Waals surface area contributed by atoms with Crippen LogP contribution in [0, 0.1) is 5.92 Å². The van der Waals surface area contributed by atoms with Crippen LogP contribution in [0.15, 0.2) is 29.2 Å². The largest absolute Gasteiger partial charge is 0.389 e. The topological polar surface area (TPSA) is 71.3 Å². The Labute approximate surface area is 118 Å². The molecule has 0 unspecified atom stereocenters. The van der Waals surface area contributed by atoms with E-state index >= 15 is 0 Å². The minimum absolute atomic E-state index is 0.00337. The highest BCUT2D eigenvalue weighted by atomic mass is 16.3. The van der Waals surface area contributed by atoms with E-state index in [9.17, 15) is 14.7 Å². The van der Waals surface area contributed by atoms with Crippen LogP contribution in [0.1, 0.15) is 32.1 Å². The normalized spacial score (nSPS) is 17.1. The quantitative estimate of drug-likeness (QED) is 0.812. The van der Waals surface area contributed by atoms with E-state index in [1.165, 1.54) is 23.5 Å². The monoisotopic (exact) mass is 278 g/mol. The molecule has 1 atom stereocenters. The fourth-order valence-electron chi connectivity index (χ4n) is 2.68. The van der Waals surface area contributed by atoms with Crippen LogP contribution < -0.4 is 10.9 Å². The summed E-state index contributed by atoms with van der Waals surface area (Å²) in [6.45, 7) is 0.385. The molecule has 1 aromatic heterocycles. The first-order valence-electron chi connectivity index (χ1n) is 7.25. The van der Waals surface area contributed by atoms with Gasteiger partial charge >= 0.3 is 0 Å². The van der Waals surface area contributed by atoms with Crippen LogP contribution >= 0.6 is 0 Å². The second kappa shape index (κ2) is 7.24. The van der Waals surface area contributed by atoms with Gasteiger partial charge < -0.3 is 15.0 Å². The zero-order chi connectivity index (χ0) is 14.4. The highest BCUT2D eigenvalue weighted by Gasteiger charge is 2.18. The van der Waals surface area contributed by atoms with Crippen LogP contribution in [-0.4, -0.2) is 28.2 Å². The number of hydrogen-bond acceptors (Lipinski definition) is 3. The molecule has 2 rings (SSSR count). The van der Waals surface area contributed by atoms with E-state index in [1.807, 2.05) is 0 Å². The van der Waals surface area contributed by atoms with Gasteiger partial charge in [-0.15, -0.1) is 0 Å². The molecule has 5 heteroatoms. The Balaban J connectivity index is 1.72. The first kappa shape index (κ1) is 14.8. The van der Waals surface area contributed by atoms with E-state index in [4.69, 9.17) is 0 Å². The van der Waals surface area contributed by atoms with Crippen LogP contribution in [0.3, 0.4) is 0 Å². The van der Waals surface area contributed by atoms with Crippen molar-refractivity contribution in [2.45, 2.75) is 44.8 Å². The molecule has 0 spiro atoms. The number of aliphatic hydroxyl groups excluding tert-OH is 1. The third kappa shape index (κ3) is 4.49. The summed E-state index contributed by atoms with van der Waals surface area (Å²) < 4.78 is 1.44. The standard InChI is InChI=1S/C15H22N2O3/c18-13(11-17-8-4-3-7-15(17)20)10-16-14(19)9-12-5-1-2-6-12/h3-4,7-8,12-13,18H,1-2,5-6,9-11H2,(H,16,19)/t13-/m1/s1. The number of rotatable bonds is 6. The van der Waals surface area contributed by atoms with Gasteiger partial charge in [0, 0.05) is 25.2 Å². The van der Waals surface area contributed by atoms with Gasteiger partial charge in [0.25, 0.3) is 5.56 Å². The first-order valence-corrected chi connectivity index (χ1v) is 7.25. The number of amides is 1. The third-order valence-electron chi connectivity index (χ3n) is 3.79. The maximum absolute atomic E-state index is 11.7. The number of aliphatic hydroxyl groups is 1. The zero-order valence-electron chi connectivity index (χ0n) is 11.6. The third-order valence-corrected chi connectivity index (χ3v) is 3.79. The van der Waals surface area contributed by atoms with Crippen LogP contribution in [-0.2, 0) is 11.3 Å². The van der Waals surface area contributed by atoms with E-state index in [-0.39, 0.29) is 24.6 Å². The molecule has 0 aromatic carbocycles. The lowest BCUT2D eigenvalue weighted by molar-refractivity contribution is -0.122. The smallest absolute Gasteiger partial charge is 0.250 e. The Morgan fingerprint density at radius 1 is 1.40 bits per heavy atom. The summed E-state index contributed by atoms with van der Waals surface area (Å²) in [5, 5.41) is 12.6. The second-order valence-corrected chi connectivity index (χ2v) is 5.50. The van der Waals surface area contributed by atoms with Gasteiger partial charge in [-0.3, -0.25) is 9.59 Å². The van der Waals surface area contributed by atoms with Crippen LogP contribution in [0.4, 0.5) is 0 Å². The fraction of sp³-hybridized carbons (Fsp3) is 0.600. The lowest BCUT2D eigenvalue weighted by Crippen LogP contribution is -2.36. The number of nitrogens with one attached hydrogen (secondary N) is 1. The summed E-state index contributed by atoms with van der Waals surface area (Å²) >= 11 is 0. The predicted octanol–water partition coefficient (Wildman–Crippen LogP) is 0.906. The van der Waals surface area contributed by atoms with Crippen molar-refractivity contribution in [2.24, 2.45) is 5.92 Å². The Morgan fingerprint density at radius 3 is 2.85 bits per heavy atom. The lowest BCUT2D eigenvalue weighted by Gasteiger charge is -2.14. The van der Waals surface area contributed by atoms with Crippen molar-refractivity contribution in [3.8, 4) is 0 Å². The average Bonchev–Trinajstić information content (AvgIpc) is 2.92. The van der Waals surface area contributed by atoms with E-state index in [0.717, 1.165) is 12.8 Å². The fourth-order valence-corrected chi connectivity index (χ4v) is 2.68. The maximum atomic E-state index is 11.7. The Morgan fingerprint density at radius 2 is 2.15 bits per heavy atom. The Hall–Kier alpha value is -1.62. The number of nitrogens with zero attached hydrogens (tertiary/aromatic N) is 1. The summed E-state index contributed by atoms with van der Waals surface area (Å²) in [6, 6.07) is 4.85. The molecule has 1 aliphatic carbocycles. The lowest BCUT2D eigenvalue weighted by atomic mass is 10.0. The van der Waals surface area contributed by atoms with Gasteiger partial charge in [0.2, 0.25) is 5.91 Å². The van der Waals surface area contributed by atoms with Crippen molar-refractivity contribution in [3.05, 3.63) is 34.7 Å². The highest BCUT2D eigenvalue weighted by molar-refractivity contribution is 5.76. The molecule has 0 bridgehead atoms. The molecule has 1 amide bonds. The Bertz CT molecular complexity index is 492. The van der Waals surface area contributed by atoms with E-state index in [2.05, 4.69) is 5.32 Å². The summed E-state index contributed by atoms with van der Waals surface area (Å²) in [7, 11) is 0. The number of carbonyl (C=O) groups excluding carboxylic acids is 1. The van der Waals surface area contributed by atoms with E-state index in [0.29, 0.717) is 12.3 Å². The molecule has 110 valence electrons. The predicted molar refractivity (Wildman–Crippen MR) is 76.3 cm³/mol. The van der Waals surface area contributed by atoms with Gasteiger partial charge in [0.1, 0.15) is 0 Å². The summed E-state index contributed by atoms with van der Waals surface area (Å²) in [5.74, 6) is 0.500. The van der Waals surface area contributed by atoms with Gasteiger partial charge in [0.05, 0.1) is 12.6 Å². The average molecular weight is 278 g/mol. The highest BCUT2D eigenvalue weighted by Crippen LogP contribution is 2.27. The van der Waals surface area contributed by atoms with Crippen molar-refractivity contribution in [2.75, 3.05) is 6.54 Å². The maximum Gasteiger partial charge on any atom is 0.250 e. The van der Waals surface area contributed by atoms with E-state index < -0.39 is 6.10 Å². The van der Waals surface area contributed by atoms with Crippen LogP contribution in [0.2, 0.25) is 0 Å². The van der Waals surface area contributed by atoms with Crippen LogP contribution in [0.25, 0.3) is 0 Å². The summed E-state index contributed by atoms with van der Waals surface area (Å²) in [4.78, 5) is 23.2. The molecular formula is C15H22N2O3. The molecule has 1 aromatic rings. The molecule has 1 fully saturated rings. The van der Waals surface area contributed by atoms with Gasteiger partial charge in [-0.2, -0.15) is 0 Å². The molecule has 1 saturated carbocycles. The number of carbonyl (C=O) groups is 1. The van der Waals surface area contributed by atoms with E-state index in [1.54, 1.807) is 18.3 Å². The minimum Gasteiger partial charge on any atom is -0.389 e. The molecule has 0 aliphatic heterocycles. The first-order chi connectivity index (χ1) is 9.65. The SMILES string of the molecule is O=C(CC1CCCC1)NC[C@@H](O)Cn1ccccc1=O. The molecule has 1 aliphatic rings. The number of pyridine rings is 1. The minimum atomic E-state index is -0.748. The number of aromatic nitrogens is 1. The van der Waals surface area contributed by atoms with Crippen molar-refractivity contribution in [1.29, 1.82) is 0 Å². The molecule has 0 radical (unpaired) electrons. The zero-order valence-corrected chi connectivity index (χ0v) is 11.6. The van der Waals surface area contributed by atoms with Gasteiger partial charge in [-0.25, -0.2) is 0 Å². The van der Waals surface area contributed by atoms with Crippen molar-refractivity contribution in [1.82, 2.24) is 9.88 Å². The van der Waals surface area contributed by atoms with Crippen molar-refractivity contribution < 1.29 is 9.90 Å². The molecule has 2 N–H and O–H groups in total. The second-order valence-electron chi connectivity index (χ2n) is 5.50. The van der Waals surface area contributed by atoms with Crippen molar-refractivity contribution >= 4 is 5.91 Å². The summed E-state index contributed by atoms with van der Waals surface area (Å²) in [5.41, 5.74) is -0.149. The molecular weight excluding hydrogens is 256 g/mol. The Kier molecular flexibility index (Phi) is 5.35. The van der Waals surface area contributed by atoms with Crippen LogP contribution in [0.5, 0.6) is 0 Å². The van der Waals surface area contributed by atoms with Gasteiger partial charge in [0.15, 0.2) is 0 Å². The molecule has 0 saturated heterocycles.